The van der Waals surface area contributed by atoms with Crippen molar-refractivity contribution < 1.29 is 13.6 Å². The molecule has 0 spiro atoms. The Morgan fingerprint density at radius 1 is 1.03 bits per heavy atom. The van der Waals surface area contributed by atoms with E-state index in [1.54, 1.807) is 48.7 Å². The van der Waals surface area contributed by atoms with Crippen LogP contribution in [-0.2, 0) is 0 Å². The third kappa shape index (κ3) is 4.26. The summed E-state index contributed by atoms with van der Waals surface area (Å²) in [5.41, 5.74) is 2.67. The van der Waals surface area contributed by atoms with Crippen molar-refractivity contribution in [1.82, 2.24) is 10.3 Å². The van der Waals surface area contributed by atoms with E-state index in [1.807, 2.05) is 25.1 Å². The van der Waals surface area contributed by atoms with E-state index in [0.29, 0.717) is 33.4 Å². The number of oxazole rings is 1. The fraction of sp³-hybridized carbons (Fsp3) is 0.0833. The molecule has 4 aromatic rings. The lowest BCUT2D eigenvalue weighted by Crippen LogP contribution is -2.27. The first-order valence-corrected chi connectivity index (χ1v) is 9.76. The zero-order valence-corrected chi connectivity index (χ0v) is 16.9. The van der Waals surface area contributed by atoms with Gasteiger partial charge in [0, 0.05) is 16.1 Å². The van der Waals surface area contributed by atoms with Crippen LogP contribution < -0.4 is 5.32 Å². The number of rotatable bonds is 5. The maximum atomic E-state index is 13.2. The van der Waals surface area contributed by atoms with Gasteiger partial charge in [-0.05, 0) is 61.0 Å². The molecule has 0 aliphatic rings. The van der Waals surface area contributed by atoms with Crippen molar-refractivity contribution in [2.45, 2.75) is 13.0 Å². The van der Waals surface area contributed by atoms with Gasteiger partial charge in [0.1, 0.15) is 5.82 Å². The Labute approximate surface area is 178 Å². The van der Waals surface area contributed by atoms with Crippen molar-refractivity contribution in [3.8, 4) is 22.8 Å². The number of carbonyl (C=O) groups excluding carboxylic acids is 1. The summed E-state index contributed by atoms with van der Waals surface area (Å²) in [5.74, 6) is 0.249. The topological polar surface area (TPSA) is 55.1 Å². The quantitative estimate of drug-likeness (QED) is 0.412. The number of nitrogens with one attached hydrogen (secondary N) is 1. The fourth-order valence-electron chi connectivity index (χ4n) is 3.12. The van der Waals surface area contributed by atoms with Crippen LogP contribution in [0.2, 0.25) is 5.02 Å². The molecule has 0 aliphatic carbocycles. The number of amides is 1. The number of benzene rings is 3. The number of aromatic nitrogens is 1. The summed E-state index contributed by atoms with van der Waals surface area (Å²) < 4.78 is 19.0. The Hall–Kier alpha value is -3.44. The van der Waals surface area contributed by atoms with Crippen LogP contribution in [0.15, 0.2) is 83.4 Å². The van der Waals surface area contributed by atoms with Crippen LogP contribution >= 0.6 is 11.6 Å². The monoisotopic (exact) mass is 420 g/mol. The SMILES string of the molecule is C[C@@H](NC(=O)c1ccccc1-c1ncc(-c2ccc(F)cc2)o1)c1ccc(Cl)cc1. The van der Waals surface area contributed by atoms with E-state index in [2.05, 4.69) is 10.3 Å². The molecule has 0 bridgehead atoms. The van der Waals surface area contributed by atoms with Crippen molar-refractivity contribution in [2.24, 2.45) is 0 Å². The van der Waals surface area contributed by atoms with Crippen LogP contribution in [0.25, 0.3) is 22.8 Å². The molecule has 0 unspecified atom stereocenters. The predicted octanol–water partition coefficient (Wildman–Crippen LogP) is 6.29. The van der Waals surface area contributed by atoms with Crippen molar-refractivity contribution >= 4 is 17.5 Å². The average molecular weight is 421 g/mol. The van der Waals surface area contributed by atoms with E-state index in [-0.39, 0.29) is 17.8 Å². The molecule has 1 amide bonds. The molecule has 1 atom stereocenters. The average Bonchev–Trinajstić information content (AvgIpc) is 3.25. The highest BCUT2D eigenvalue weighted by Gasteiger charge is 2.19. The van der Waals surface area contributed by atoms with Gasteiger partial charge in [0.05, 0.1) is 17.8 Å². The molecule has 150 valence electrons. The Kier molecular flexibility index (Phi) is 5.63. The molecule has 1 N–H and O–H groups in total. The maximum absolute atomic E-state index is 13.2. The molecular weight excluding hydrogens is 403 g/mol. The molecule has 4 nitrogen and oxygen atoms in total. The van der Waals surface area contributed by atoms with Gasteiger partial charge >= 0.3 is 0 Å². The predicted molar refractivity (Wildman–Crippen MR) is 115 cm³/mol. The lowest BCUT2D eigenvalue weighted by Gasteiger charge is -2.15. The first-order valence-electron chi connectivity index (χ1n) is 9.39. The molecule has 30 heavy (non-hydrogen) atoms. The summed E-state index contributed by atoms with van der Waals surface area (Å²) in [4.78, 5) is 17.3. The lowest BCUT2D eigenvalue weighted by molar-refractivity contribution is 0.0940. The van der Waals surface area contributed by atoms with Crippen LogP contribution in [0.5, 0.6) is 0 Å². The van der Waals surface area contributed by atoms with Crippen molar-refractivity contribution in [3.63, 3.8) is 0 Å². The normalized spacial score (nSPS) is 11.8. The summed E-state index contributed by atoms with van der Waals surface area (Å²) in [7, 11) is 0. The maximum Gasteiger partial charge on any atom is 0.252 e. The minimum atomic E-state index is -0.324. The Balaban J connectivity index is 1.59. The minimum absolute atomic E-state index is 0.206. The van der Waals surface area contributed by atoms with Crippen LogP contribution in [0, 0.1) is 5.82 Å². The van der Waals surface area contributed by atoms with E-state index >= 15 is 0 Å². The van der Waals surface area contributed by atoms with Gasteiger partial charge in [0.15, 0.2) is 5.76 Å². The Morgan fingerprint density at radius 3 is 2.47 bits per heavy atom. The number of halogens is 2. The largest absolute Gasteiger partial charge is 0.436 e. The second-order valence-electron chi connectivity index (χ2n) is 6.83. The summed E-state index contributed by atoms with van der Waals surface area (Å²) >= 11 is 5.94. The van der Waals surface area contributed by atoms with Crippen LogP contribution in [0.1, 0.15) is 28.9 Å². The molecular formula is C24H18ClFN2O2. The highest BCUT2D eigenvalue weighted by atomic mass is 35.5. The molecule has 0 fully saturated rings. The zero-order chi connectivity index (χ0) is 21.1. The summed E-state index contributed by atoms with van der Waals surface area (Å²) in [6.45, 7) is 1.90. The summed E-state index contributed by atoms with van der Waals surface area (Å²) in [5, 5.41) is 3.64. The Morgan fingerprint density at radius 2 is 1.73 bits per heavy atom. The minimum Gasteiger partial charge on any atom is -0.436 e. The summed E-state index contributed by atoms with van der Waals surface area (Å²) in [6, 6.07) is 20.2. The standard InChI is InChI=1S/C24H18ClFN2O2/c1-15(16-6-10-18(25)11-7-16)28-23(29)20-4-2-3-5-21(20)24-27-14-22(30-24)17-8-12-19(26)13-9-17/h2-15H,1H3,(H,28,29)/t15-/m1/s1. The van der Waals surface area contributed by atoms with Gasteiger partial charge in [-0.2, -0.15) is 0 Å². The van der Waals surface area contributed by atoms with E-state index in [0.717, 1.165) is 5.56 Å². The zero-order valence-electron chi connectivity index (χ0n) is 16.1. The second kappa shape index (κ2) is 8.51. The molecule has 0 radical (unpaired) electrons. The highest BCUT2D eigenvalue weighted by Crippen LogP contribution is 2.29. The second-order valence-corrected chi connectivity index (χ2v) is 7.27. The molecule has 0 saturated heterocycles. The van der Waals surface area contributed by atoms with E-state index < -0.39 is 0 Å². The lowest BCUT2D eigenvalue weighted by atomic mass is 10.0. The van der Waals surface area contributed by atoms with Gasteiger partial charge in [-0.15, -0.1) is 0 Å². The molecule has 1 heterocycles. The first kappa shape index (κ1) is 19.9. The molecule has 6 heteroatoms. The number of hydrogen-bond acceptors (Lipinski definition) is 3. The van der Waals surface area contributed by atoms with E-state index in [9.17, 15) is 9.18 Å². The van der Waals surface area contributed by atoms with Crippen molar-refractivity contribution in [3.05, 3.63) is 101 Å². The number of hydrogen-bond donors (Lipinski definition) is 1. The van der Waals surface area contributed by atoms with Gasteiger partial charge in [-0.1, -0.05) is 35.9 Å². The molecule has 0 saturated carbocycles. The van der Waals surface area contributed by atoms with Gasteiger partial charge in [-0.3, -0.25) is 4.79 Å². The van der Waals surface area contributed by atoms with Gasteiger partial charge < -0.3 is 9.73 Å². The number of nitrogens with zero attached hydrogens (tertiary/aromatic N) is 1. The van der Waals surface area contributed by atoms with Gasteiger partial charge in [0.25, 0.3) is 5.91 Å². The van der Waals surface area contributed by atoms with Crippen LogP contribution in [-0.4, -0.2) is 10.9 Å². The van der Waals surface area contributed by atoms with E-state index in [1.165, 1.54) is 12.1 Å². The molecule has 1 aromatic heterocycles. The highest BCUT2D eigenvalue weighted by molar-refractivity contribution is 6.30. The molecule has 4 rings (SSSR count). The van der Waals surface area contributed by atoms with Crippen molar-refractivity contribution in [1.29, 1.82) is 0 Å². The fourth-order valence-corrected chi connectivity index (χ4v) is 3.25. The van der Waals surface area contributed by atoms with Crippen LogP contribution in [0.3, 0.4) is 0 Å². The third-order valence-electron chi connectivity index (χ3n) is 4.75. The van der Waals surface area contributed by atoms with Gasteiger partial charge in [-0.25, -0.2) is 9.37 Å². The molecule has 0 aliphatic heterocycles. The summed E-state index contributed by atoms with van der Waals surface area (Å²) in [6.07, 6.45) is 1.56. The molecule has 3 aromatic carbocycles. The number of carbonyl (C=O) groups is 1. The Bertz CT molecular complexity index is 1170. The third-order valence-corrected chi connectivity index (χ3v) is 5.01. The first-order chi connectivity index (χ1) is 14.5. The van der Waals surface area contributed by atoms with E-state index in [4.69, 9.17) is 16.0 Å². The smallest absolute Gasteiger partial charge is 0.252 e. The van der Waals surface area contributed by atoms with Gasteiger partial charge in [0.2, 0.25) is 5.89 Å². The van der Waals surface area contributed by atoms with Crippen molar-refractivity contribution in [2.75, 3.05) is 0 Å². The van der Waals surface area contributed by atoms with Crippen LogP contribution in [0.4, 0.5) is 4.39 Å².